The summed E-state index contributed by atoms with van der Waals surface area (Å²) in [5, 5.41) is 5.05. The Kier molecular flexibility index (Phi) is 3.92. The minimum Gasteiger partial charge on any atom is -0.335 e. The molecule has 0 aromatic heterocycles. The zero-order valence-electron chi connectivity index (χ0n) is 10.0. The minimum absolute atomic E-state index is 0.133. The summed E-state index contributed by atoms with van der Waals surface area (Å²) >= 11 is 5.32. The molecule has 0 unspecified atom stereocenters. The number of urea groups is 1. The molecule has 0 aliphatic heterocycles. The number of hydrogen-bond acceptors (Lipinski definition) is 2. The molecule has 96 valence electrons. The van der Waals surface area contributed by atoms with Crippen LogP contribution in [0.1, 0.15) is 32.6 Å². The van der Waals surface area contributed by atoms with Gasteiger partial charge in [-0.05, 0) is 43.9 Å². The molecule has 2 aliphatic rings. The first kappa shape index (κ1) is 12.7. The van der Waals surface area contributed by atoms with Gasteiger partial charge in [0.05, 0.1) is 0 Å². The Morgan fingerprint density at radius 1 is 1.35 bits per heavy atom. The highest BCUT2D eigenvalue weighted by atomic mass is 35.5. The van der Waals surface area contributed by atoms with Gasteiger partial charge >= 0.3 is 6.03 Å². The van der Waals surface area contributed by atoms with Gasteiger partial charge in [0.2, 0.25) is 5.91 Å². The second kappa shape index (κ2) is 5.25. The van der Waals surface area contributed by atoms with Crippen molar-refractivity contribution in [3.8, 4) is 0 Å². The molecule has 0 heterocycles. The number of carbonyl (C=O) groups excluding carboxylic acids is 2. The maximum Gasteiger partial charge on any atom is 0.321 e. The van der Waals surface area contributed by atoms with E-state index in [0.29, 0.717) is 5.92 Å². The zero-order valence-corrected chi connectivity index (χ0v) is 10.8. The highest BCUT2D eigenvalue weighted by Crippen LogP contribution is 2.49. The van der Waals surface area contributed by atoms with Crippen molar-refractivity contribution in [3.63, 3.8) is 0 Å². The average Bonchev–Trinajstić information content (AvgIpc) is 2.90. The van der Waals surface area contributed by atoms with Crippen LogP contribution in [0.2, 0.25) is 0 Å². The standard InChI is InChI=1S/C12H19ClN2O2/c1-7(14-12(17)15-11(16)6-13)10-5-8-2-3-9(10)4-8/h7-10H,2-6H2,1H3,(H2,14,15,16,17)/t7-,8+,9+,10-/m0/s1. The van der Waals surface area contributed by atoms with E-state index in [1.54, 1.807) is 0 Å². The smallest absolute Gasteiger partial charge is 0.321 e. The average molecular weight is 259 g/mol. The highest BCUT2D eigenvalue weighted by Gasteiger charge is 2.42. The van der Waals surface area contributed by atoms with Gasteiger partial charge in [-0.15, -0.1) is 11.6 Å². The summed E-state index contributed by atoms with van der Waals surface area (Å²) in [5.41, 5.74) is 0. The number of nitrogens with one attached hydrogen (secondary N) is 2. The first-order chi connectivity index (χ1) is 8.10. The normalized spacial score (nSPS) is 32.2. The molecular weight excluding hydrogens is 240 g/mol. The van der Waals surface area contributed by atoms with Crippen molar-refractivity contribution >= 4 is 23.5 Å². The third-order valence-corrected chi connectivity index (χ3v) is 4.41. The van der Waals surface area contributed by atoms with Crippen LogP contribution in [-0.4, -0.2) is 23.9 Å². The minimum atomic E-state index is -0.454. The van der Waals surface area contributed by atoms with Crippen molar-refractivity contribution in [1.29, 1.82) is 0 Å². The molecule has 0 aromatic rings. The molecule has 2 fully saturated rings. The summed E-state index contributed by atoms with van der Waals surface area (Å²) in [5.74, 6) is 1.56. The van der Waals surface area contributed by atoms with Crippen LogP contribution >= 0.6 is 11.6 Å². The van der Waals surface area contributed by atoms with E-state index in [0.717, 1.165) is 11.8 Å². The van der Waals surface area contributed by atoms with Gasteiger partial charge in [-0.1, -0.05) is 6.42 Å². The fourth-order valence-corrected chi connectivity index (χ4v) is 3.48. The lowest BCUT2D eigenvalue weighted by Gasteiger charge is -2.28. The molecule has 0 aromatic carbocycles. The molecule has 2 aliphatic carbocycles. The Bertz CT molecular complexity index is 322. The maximum absolute atomic E-state index is 11.5. The van der Waals surface area contributed by atoms with E-state index in [9.17, 15) is 9.59 Å². The molecule has 2 rings (SSSR count). The molecule has 0 saturated heterocycles. The Morgan fingerprint density at radius 3 is 2.65 bits per heavy atom. The first-order valence-corrected chi connectivity index (χ1v) is 6.80. The number of fused-ring (bicyclic) bond motifs is 2. The monoisotopic (exact) mass is 258 g/mol. The third kappa shape index (κ3) is 2.92. The molecule has 0 radical (unpaired) electrons. The van der Waals surface area contributed by atoms with Crippen LogP contribution in [0.5, 0.6) is 0 Å². The van der Waals surface area contributed by atoms with Crippen LogP contribution < -0.4 is 10.6 Å². The van der Waals surface area contributed by atoms with E-state index in [4.69, 9.17) is 11.6 Å². The van der Waals surface area contributed by atoms with Crippen LogP contribution in [-0.2, 0) is 4.79 Å². The van der Waals surface area contributed by atoms with E-state index in [1.165, 1.54) is 25.7 Å². The van der Waals surface area contributed by atoms with Gasteiger partial charge in [-0.25, -0.2) is 4.79 Å². The van der Waals surface area contributed by atoms with E-state index in [-0.39, 0.29) is 11.9 Å². The highest BCUT2D eigenvalue weighted by molar-refractivity contribution is 6.28. The lowest BCUT2D eigenvalue weighted by molar-refractivity contribution is -0.117. The van der Waals surface area contributed by atoms with E-state index in [2.05, 4.69) is 10.6 Å². The van der Waals surface area contributed by atoms with E-state index in [1.807, 2.05) is 6.92 Å². The molecule has 5 heteroatoms. The summed E-state index contributed by atoms with van der Waals surface area (Å²) in [4.78, 5) is 22.4. The van der Waals surface area contributed by atoms with Gasteiger partial charge in [0.1, 0.15) is 5.88 Å². The molecule has 2 bridgehead atoms. The van der Waals surface area contributed by atoms with Crippen molar-refractivity contribution in [2.45, 2.75) is 38.6 Å². The fourth-order valence-electron chi connectivity index (χ4n) is 3.42. The van der Waals surface area contributed by atoms with Gasteiger partial charge < -0.3 is 5.32 Å². The molecule has 2 saturated carbocycles. The van der Waals surface area contributed by atoms with Crippen LogP contribution in [0.25, 0.3) is 0 Å². The Labute approximate surface area is 106 Å². The van der Waals surface area contributed by atoms with Gasteiger partial charge in [0.25, 0.3) is 0 Å². The van der Waals surface area contributed by atoms with Crippen molar-refractivity contribution in [3.05, 3.63) is 0 Å². The number of imide groups is 1. The SMILES string of the molecule is C[C@H](NC(=O)NC(=O)CCl)[C@@H]1C[C@@H]2CC[C@@H]1C2. The second-order valence-corrected chi connectivity index (χ2v) is 5.55. The van der Waals surface area contributed by atoms with Gasteiger partial charge in [-0.2, -0.15) is 0 Å². The van der Waals surface area contributed by atoms with Crippen molar-refractivity contribution in [2.24, 2.45) is 17.8 Å². The van der Waals surface area contributed by atoms with E-state index >= 15 is 0 Å². The number of carbonyl (C=O) groups is 2. The van der Waals surface area contributed by atoms with E-state index < -0.39 is 11.9 Å². The number of halogens is 1. The molecule has 2 N–H and O–H groups in total. The zero-order chi connectivity index (χ0) is 12.4. The summed E-state index contributed by atoms with van der Waals surface area (Å²) in [6.07, 6.45) is 5.18. The Balaban J connectivity index is 1.79. The van der Waals surface area contributed by atoms with Crippen molar-refractivity contribution < 1.29 is 9.59 Å². The topological polar surface area (TPSA) is 58.2 Å². The Hall–Kier alpha value is -0.770. The number of rotatable bonds is 3. The summed E-state index contributed by atoms with van der Waals surface area (Å²) in [6.45, 7) is 2.02. The van der Waals surface area contributed by atoms with Crippen LogP contribution in [0.4, 0.5) is 4.79 Å². The Morgan fingerprint density at radius 2 is 2.12 bits per heavy atom. The van der Waals surface area contributed by atoms with Gasteiger partial charge in [-0.3, -0.25) is 10.1 Å². The van der Waals surface area contributed by atoms with Gasteiger partial charge in [0, 0.05) is 6.04 Å². The van der Waals surface area contributed by atoms with Crippen molar-refractivity contribution in [2.75, 3.05) is 5.88 Å². The van der Waals surface area contributed by atoms with Crippen LogP contribution in [0.15, 0.2) is 0 Å². The number of hydrogen-bond donors (Lipinski definition) is 2. The molecular formula is C12H19ClN2O2. The number of amides is 3. The number of alkyl halides is 1. The largest absolute Gasteiger partial charge is 0.335 e. The lowest BCUT2D eigenvalue weighted by Crippen LogP contribution is -2.47. The molecule has 4 atom stereocenters. The first-order valence-electron chi connectivity index (χ1n) is 6.26. The molecule has 4 nitrogen and oxygen atoms in total. The molecule has 3 amide bonds. The fraction of sp³-hybridized carbons (Fsp3) is 0.833. The van der Waals surface area contributed by atoms with Gasteiger partial charge in [0.15, 0.2) is 0 Å². The van der Waals surface area contributed by atoms with Crippen LogP contribution in [0, 0.1) is 17.8 Å². The lowest BCUT2D eigenvalue weighted by atomic mass is 9.84. The summed E-state index contributed by atoms with van der Waals surface area (Å²) in [7, 11) is 0. The van der Waals surface area contributed by atoms with Crippen molar-refractivity contribution in [1.82, 2.24) is 10.6 Å². The quantitative estimate of drug-likeness (QED) is 0.760. The van der Waals surface area contributed by atoms with Crippen LogP contribution in [0.3, 0.4) is 0 Å². The molecule has 0 spiro atoms. The third-order valence-electron chi connectivity index (χ3n) is 4.17. The maximum atomic E-state index is 11.5. The summed E-state index contributed by atoms with van der Waals surface area (Å²) in [6, 6.07) is -0.292. The predicted octanol–water partition coefficient (Wildman–Crippen LogP) is 1.88. The predicted molar refractivity (Wildman–Crippen MR) is 65.8 cm³/mol. The second-order valence-electron chi connectivity index (χ2n) is 5.28. The summed E-state index contributed by atoms with van der Waals surface area (Å²) < 4.78 is 0. The molecule has 17 heavy (non-hydrogen) atoms.